The molecule has 5 nitrogen and oxygen atoms in total. The van der Waals surface area contributed by atoms with E-state index in [2.05, 4.69) is 4.74 Å². The summed E-state index contributed by atoms with van der Waals surface area (Å²) in [5.74, 6) is -1.95. The quantitative estimate of drug-likeness (QED) is 0.468. The molecule has 0 heterocycles. The third-order valence-electron chi connectivity index (χ3n) is 1.73. The predicted octanol–water partition coefficient (Wildman–Crippen LogP) is 2.56. The first-order valence-corrected chi connectivity index (χ1v) is 4.65. The number of carbonyl (C=O) groups is 1. The number of rotatable bonds is 3. The van der Waals surface area contributed by atoms with Gasteiger partial charge in [-0.1, -0.05) is 11.6 Å². The lowest BCUT2D eigenvalue weighted by atomic mass is 10.2. The maximum atomic E-state index is 13.2. The van der Waals surface area contributed by atoms with E-state index in [0.29, 0.717) is 6.07 Å². The highest BCUT2D eigenvalue weighted by molar-refractivity contribution is 6.33. The Morgan fingerprint density at radius 2 is 2.25 bits per heavy atom. The van der Waals surface area contributed by atoms with Gasteiger partial charge in [0.1, 0.15) is 0 Å². The Hall–Kier alpha value is -1.69. The van der Waals surface area contributed by atoms with Gasteiger partial charge in [0.05, 0.1) is 22.1 Å². The van der Waals surface area contributed by atoms with Crippen molar-refractivity contribution in [3.63, 3.8) is 0 Å². The molecule has 0 saturated heterocycles. The monoisotopic (exact) mass is 247 g/mol. The molecule has 1 aromatic rings. The standard InChI is InChI=1S/C9H7ClFNO4/c1-2-16-9(13)5-3-7(11)8(12(14)15)4-6(5)10/h3-4H,2H2,1H3. The molecule has 0 atom stereocenters. The summed E-state index contributed by atoms with van der Waals surface area (Å²) in [6.07, 6.45) is 0. The third kappa shape index (κ3) is 2.46. The van der Waals surface area contributed by atoms with Crippen LogP contribution in [0.1, 0.15) is 17.3 Å². The van der Waals surface area contributed by atoms with Crippen LogP contribution in [-0.4, -0.2) is 17.5 Å². The van der Waals surface area contributed by atoms with Crippen molar-refractivity contribution in [1.82, 2.24) is 0 Å². The molecule has 0 spiro atoms. The van der Waals surface area contributed by atoms with Crippen molar-refractivity contribution in [3.05, 3.63) is 38.7 Å². The van der Waals surface area contributed by atoms with Crippen LogP contribution >= 0.6 is 11.6 Å². The van der Waals surface area contributed by atoms with E-state index in [1.807, 2.05) is 0 Å². The molecule has 0 saturated carbocycles. The molecule has 0 unspecified atom stereocenters. The zero-order valence-corrected chi connectivity index (χ0v) is 8.95. The van der Waals surface area contributed by atoms with Gasteiger partial charge in [-0.15, -0.1) is 0 Å². The van der Waals surface area contributed by atoms with E-state index in [0.717, 1.165) is 6.07 Å². The minimum absolute atomic E-state index is 0.105. The van der Waals surface area contributed by atoms with E-state index in [1.54, 1.807) is 6.92 Å². The summed E-state index contributed by atoms with van der Waals surface area (Å²) >= 11 is 5.60. The van der Waals surface area contributed by atoms with Crippen molar-refractivity contribution >= 4 is 23.3 Å². The maximum absolute atomic E-state index is 13.2. The first-order valence-electron chi connectivity index (χ1n) is 4.28. The van der Waals surface area contributed by atoms with Gasteiger partial charge < -0.3 is 4.74 Å². The highest BCUT2D eigenvalue weighted by Crippen LogP contribution is 2.26. The van der Waals surface area contributed by atoms with Crippen LogP contribution in [0, 0.1) is 15.9 Å². The van der Waals surface area contributed by atoms with Gasteiger partial charge in [-0.05, 0) is 13.0 Å². The second-order valence-electron chi connectivity index (χ2n) is 2.76. The Bertz CT molecular complexity index is 449. The van der Waals surface area contributed by atoms with Crippen molar-refractivity contribution < 1.29 is 18.8 Å². The van der Waals surface area contributed by atoms with Crippen LogP contribution in [0.4, 0.5) is 10.1 Å². The number of nitrogens with zero attached hydrogens (tertiary/aromatic N) is 1. The number of nitro groups is 1. The second-order valence-corrected chi connectivity index (χ2v) is 3.17. The zero-order chi connectivity index (χ0) is 12.3. The van der Waals surface area contributed by atoms with Crippen LogP contribution in [0.15, 0.2) is 12.1 Å². The van der Waals surface area contributed by atoms with Crippen molar-refractivity contribution in [2.75, 3.05) is 6.61 Å². The molecule has 0 N–H and O–H groups in total. The van der Waals surface area contributed by atoms with Crippen LogP contribution in [0.3, 0.4) is 0 Å². The van der Waals surface area contributed by atoms with Crippen LogP contribution in [0.5, 0.6) is 0 Å². The smallest absolute Gasteiger partial charge is 0.339 e. The third-order valence-corrected chi connectivity index (χ3v) is 2.04. The minimum atomic E-state index is -1.13. The summed E-state index contributed by atoms with van der Waals surface area (Å²) in [5.41, 5.74) is -1.01. The number of esters is 1. The second kappa shape index (κ2) is 4.89. The van der Waals surface area contributed by atoms with E-state index in [1.165, 1.54) is 0 Å². The molecule has 0 aromatic heterocycles. The number of nitro benzene ring substituents is 1. The van der Waals surface area contributed by atoms with Gasteiger partial charge in [-0.2, -0.15) is 4.39 Å². The summed E-state index contributed by atoms with van der Waals surface area (Å²) in [4.78, 5) is 20.7. The molecule has 0 aliphatic heterocycles. The number of carbonyl (C=O) groups excluding carboxylic acids is 1. The Morgan fingerprint density at radius 3 is 2.75 bits per heavy atom. The summed E-state index contributed by atoms with van der Waals surface area (Å²) < 4.78 is 17.8. The van der Waals surface area contributed by atoms with E-state index in [-0.39, 0.29) is 17.2 Å². The fourth-order valence-corrected chi connectivity index (χ4v) is 1.28. The van der Waals surface area contributed by atoms with Gasteiger partial charge in [0, 0.05) is 6.07 Å². The van der Waals surface area contributed by atoms with Crippen LogP contribution in [-0.2, 0) is 4.74 Å². The fraction of sp³-hybridized carbons (Fsp3) is 0.222. The largest absolute Gasteiger partial charge is 0.462 e. The summed E-state index contributed by atoms with van der Waals surface area (Å²) in [7, 11) is 0. The summed E-state index contributed by atoms with van der Waals surface area (Å²) in [6, 6.07) is 1.47. The lowest BCUT2D eigenvalue weighted by Gasteiger charge is -2.04. The lowest BCUT2D eigenvalue weighted by molar-refractivity contribution is -0.387. The maximum Gasteiger partial charge on any atom is 0.339 e. The van der Waals surface area contributed by atoms with Crippen molar-refractivity contribution in [1.29, 1.82) is 0 Å². The number of hydrogen-bond acceptors (Lipinski definition) is 4. The Kier molecular flexibility index (Phi) is 3.78. The van der Waals surface area contributed by atoms with Gasteiger partial charge in [-0.25, -0.2) is 4.79 Å². The SMILES string of the molecule is CCOC(=O)c1cc(F)c([N+](=O)[O-])cc1Cl. The van der Waals surface area contributed by atoms with E-state index < -0.39 is 22.4 Å². The van der Waals surface area contributed by atoms with E-state index in [9.17, 15) is 19.3 Å². The topological polar surface area (TPSA) is 69.4 Å². The predicted molar refractivity (Wildman–Crippen MR) is 54.0 cm³/mol. The van der Waals surface area contributed by atoms with Crippen molar-refractivity contribution in [2.45, 2.75) is 6.92 Å². The van der Waals surface area contributed by atoms with Gasteiger partial charge in [0.25, 0.3) is 0 Å². The zero-order valence-electron chi connectivity index (χ0n) is 8.20. The van der Waals surface area contributed by atoms with Crippen molar-refractivity contribution in [3.8, 4) is 0 Å². The Labute approximate surface area is 94.9 Å². The molecular weight excluding hydrogens is 241 g/mol. The molecule has 1 rings (SSSR count). The lowest BCUT2D eigenvalue weighted by Crippen LogP contribution is -2.06. The first kappa shape index (κ1) is 12.4. The Balaban J connectivity index is 3.20. The van der Waals surface area contributed by atoms with Gasteiger partial charge in [0.15, 0.2) is 0 Å². The molecule has 7 heteroatoms. The van der Waals surface area contributed by atoms with Crippen LogP contribution < -0.4 is 0 Å². The highest BCUT2D eigenvalue weighted by Gasteiger charge is 2.21. The average molecular weight is 248 g/mol. The highest BCUT2D eigenvalue weighted by atomic mass is 35.5. The molecule has 1 aromatic carbocycles. The van der Waals surface area contributed by atoms with Crippen molar-refractivity contribution in [2.24, 2.45) is 0 Å². The van der Waals surface area contributed by atoms with Gasteiger partial charge >= 0.3 is 11.7 Å². The number of hydrogen-bond donors (Lipinski definition) is 0. The molecule has 0 fully saturated rings. The summed E-state index contributed by atoms with van der Waals surface area (Å²) in [6.45, 7) is 1.68. The molecule has 0 amide bonds. The Morgan fingerprint density at radius 1 is 1.62 bits per heavy atom. The number of benzene rings is 1. The molecular formula is C9H7ClFNO4. The molecule has 0 radical (unpaired) electrons. The molecule has 86 valence electrons. The molecule has 16 heavy (non-hydrogen) atoms. The number of ether oxygens (including phenoxy) is 1. The van der Waals surface area contributed by atoms with Crippen LogP contribution in [0.2, 0.25) is 5.02 Å². The molecule has 0 bridgehead atoms. The number of halogens is 2. The minimum Gasteiger partial charge on any atom is -0.462 e. The average Bonchev–Trinajstić information content (AvgIpc) is 2.20. The first-order chi connectivity index (χ1) is 7.47. The van der Waals surface area contributed by atoms with Crippen LogP contribution in [0.25, 0.3) is 0 Å². The molecule has 0 aliphatic carbocycles. The van der Waals surface area contributed by atoms with Gasteiger partial charge in [0.2, 0.25) is 5.82 Å². The van der Waals surface area contributed by atoms with E-state index in [4.69, 9.17) is 11.6 Å². The normalized spacial score (nSPS) is 9.94. The fourth-order valence-electron chi connectivity index (χ4n) is 1.04. The molecule has 0 aliphatic rings. The summed E-state index contributed by atoms with van der Waals surface area (Å²) in [5, 5.41) is 10.2. The van der Waals surface area contributed by atoms with Gasteiger partial charge in [-0.3, -0.25) is 10.1 Å². The van der Waals surface area contributed by atoms with E-state index >= 15 is 0 Å².